The summed E-state index contributed by atoms with van der Waals surface area (Å²) in [4.78, 5) is 0. The van der Waals surface area contributed by atoms with E-state index in [4.69, 9.17) is 4.74 Å². The van der Waals surface area contributed by atoms with E-state index in [1.165, 1.54) is 12.1 Å². The molecule has 1 nitrogen and oxygen atoms in total. The van der Waals surface area contributed by atoms with Crippen molar-refractivity contribution in [1.82, 2.24) is 0 Å². The van der Waals surface area contributed by atoms with Crippen molar-refractivity contribution >= 4 is 10.8 Å². The molecular weight excluding hydrogens is 325 g/mol. The molecule has 0 aromatic heterocycles. The number of benzene rings is 3. The minimum absolute atomic E-state index is 0.521. The fourth-order valence-electron chi connectivity index (χ4n) is 2.59. The first-order valence-corrected chi connectivity index (χ1v) is 7.93. The zero-order chi connectivity index (χ0) is 17.9. The lowest BCUT2D eigenvalue weighted by Crippen LogP contribution is -2.04. The topological polar surface area (TPSA) is 9.23 Å². The summed E-state index contributed by atoms with van der Waals surface area (Å²) >= 11 is 0. The van der Waals surface area contributed by atoms with E-state index in [9.17, 15) is 13.2 Å². The summed E-state index contributed by atoms with van der Waals surface area (Å²) in [6.45, 7) is 2.46. The number of fused-ring (bicyclic) bond motifs is 1. The van der Waals surface area contributed by atoms with Gasteiger partial charge >= 0.3 is 6.18 Å². The van der Waals surface area contributed by atoms with Gasteiger partial charge in [-0.15, -0.1) is 0 Å². The second-order valence-corrected chi connectivity index (χ2v) is 5.68. The van der Waals surface area contributed by atoms with Gasteiger partial charge in [0.1, 0.15) is 12.4 Å². The molecular formula is C21H17F3O. The molecule has 0 unspecified atom stereocenters. The van der Waals surface area contributed by atoms with Crippen LogP contribution in [0.25, 0.3) is 21.9 Å². The molecule has 0 aliphatic carbocycles. The first-order valence-electron chi connectivity index (χ1n) is 7.93. The highest BCUT2D eigenvalue weighted by Gasteiger charge is 2.30. The molecule has 0 fully saturated rings. The molecule has 0 aliphatic rings. The van der Waals surface area contributed by atoms with Crippen LogP contribution >= 0.6 is 0 Å². The van der Waals surface area contributed by atoms with Crippen LogP contribution in [0, 0.1) is 0 Å². The number of hydrogen-bond acceptors (Lipinski definition) is 1. The van der Waals surface area contributed by atoms with Crippen LogP contribution in [0.2, 0.25) is 0 Å². The molecule has 3 aromatic rings. The number of hydrogen-bond donors (Lipinski definition) is 0. The van der Waals surface area contributed by atoms with Crippen LogP contribution in [0.5, 0.6) is 5.75 Å². The third-order valence-corrected chi connectivity index (χ3v) is 3.94. The van der Waals surface area contributed by atoms with E-state index >= 15 is 0 Å². The van der Waals surface area contributed by atoms with E-state index in [0.717, 1.165) is 28.3 Å². The van der Waals surface area contributed by atoms with Crippen molar-refractivity contribution in [3.05, 3.63) is 78.4 Å². The Labute approximate surface area is 144 Å². The Morgan fingerprint density at radius 1 is 0.840 bits per heavy atom. The van der Waals surface area contributed by atoms with Gasteiger partial charge in [-0.1, -0.05) is 42.5 Å². The molecule has 0 N–H and O–H groups in total. The molecule has 0 amide bonds. The van der Waals surface area contributed by atoms with Gasteiger partial charge in [-0.3, -0.25) is 0 Å². The van der Waals surface area contributed by atoms with Crippen LogP contribution in [0.4, 0.5) is 13.2 Å². The predicted molar refractivity (Wildman–Crippen MR) is 94.7 cm³/mol. The van der Waals surface area contributed by atoms with Gasteiger partial charge in [-0.05, 0) is 59.2 Å². The first kappa shape index (κ1) is 17.1. The third kappa shape index (κ3) is 4.02. The highest BCUT2D eigenvalue weighted by atomic mass is 19.4. The van der Waals surface area contributed by atoms with E-state index in [2.05, 4.69) is 0 Å². The van der Waals surface area contributed by atoms with Crippen molar-refractivity contribution in [2.75, 3.05) is 6.61 Å². The first-order chi connectivity index (χ1) is 12.0. The van der Waals surface area contributed by atoms with Gasteiger partial charge in [0, 0.05) is 0 Å². The smallest absolute Gasteiger partial charge is 0.416 e. The maximum Gasteiger partial charge on any atom is 0.416 e. The average molecular weight is 342 g/mol. The Kier molecular flexibility index (Phi) is 4.79. The van der Waals surface area contributed by atoms with Gasteiger partial charge in [0.2, 0.25) is 0 Å². The standard InChI is InChI=1S/C21H17F3O/c1-2-3-12-25-20-10-7-15(8-11-20)16-4-5-18-14-19(21(22,23)24)9-6-17(18)13-16/h2-11,13-14H,12H2,1H3. The Morgan fingerprint density at radius 3 is 2.16 bits per heavy atom. The van der Waals surface area contributed by atoms with Crippen LogP contribution < -0.4 is 4.74 Å². The Morgan fingerprint density at radius 2 is 1.48 bits per heavy atom. The highest BCUT2D eigenvalue weighted by molar-refractivity contribution is 5.88. The van der Waals surface area contributed by atoms with Gasteiger partial charge in [0.25, 0.3) is 0 Å². The maximum absolute atomic E-state index is 12.8. The number of halogens is 3. The SMILES string of the molecule is CC=CCOc1ccc(-c2ccc3cc(C(F)(F)F)ccc3c2)cc1. The zero-order valence-corrected chi connectivity index (χ0v) is 13.7. The van der Waals surface area contributed by atoms with Crippen molar-refractivity contribution in [1.29, 1.82) is 0 Å². The summed E-state index contributed by atoms with van der Waals surface area (Å²) in [5, 5.41) is 1.35. The number of ether oxygens (including phenoxy) is 1. The number of rotatable bonds is 4. The summed E-state index contributed by atoms with van der Waals surface area (Å²) in [5.74, 6) is 0.775. The molecule has 25 heavy (non-hydrogen) atoms. The van der Waals surface area contributed by atoms with Gasteiger partial charge in [-0.25, -0.2) is 0 Å². The van der Waals surface area contributed by atoms with Crippen molar-refractivity contribution in [2.24, 2.45) is 0 Å². The fourth-order valence-corrected chi connectivity index (χ4v) is 2.59. The summed E-state index contributed by atoms with van der Waals surface area (Å²) in [7, 11) is 0. The molecule has 0 spiro atoms. The van der Waals surface area contributed by atoms with E-state index in [1.807, 2.05) is 55.5 Å². The molecule has 128 valence electrons. The third-order valence-electron chi connectivity index (χ3n) is 3.94. The van der Waals surface area contributed by atoms with E-state index in [0.29, 0.717) is 12.0 Å². The van der Waals surface area contributed by atoms with E-state index in [-0.39, 0.29) is 0 Å². The lowest BCUT2D eigenvalue weighted by Gasteiger charge is -2.09. The molecule has 0 saturated carbocycles. The Hall–Kier alpha value is -2.75. The molecule has 0 radical (unpaired) electrons. The van der Waals surface area contributed by atoms with Gasteiger partial charge in [0.05, 0.1) is 5.56 Å². The van der Waals surface area contributed by atoms with Gasteiger partial charge in [0.15, 0.2) is 0 Å². The van der Waals surface area contributed by atoms with Crippen molar-refractivity contribution in [2.45, 2.75) is 13.1 Å². The molecule has 0 aliphatic heterocycles. The molecule has 3 rings (SSSR count). The van der Waals surface area contributed by atoms with Gasteiger partial charge in [-0.2, -0.15) is 13.2 Å². The normalized spacial score (nSPS) is 12.0. The summed E-state index contributed by atoms with van der Waals surface area (Å²) < 4.78 is 43.9. The van der Waals surface area contributed by atoms with Gasteiger partial charge < -0.3 is 4.74 Å². The molecule has 3 aromatic carbocycles. The molecule has 0 heterocycles. The Bertz CT molecular complexity index is 893. The monoisotopic (exact) mass is 342 g/mol. The van der Waals surface area contributed by atoms with Crippen LogP contribution in [0.1, 0.15) is 12.5 Å². The highest BCUT2D eigenvalue weighted by Crippen LogP contribution is 2.33. The lowest BCUT2D eigenvalue weighted by atomic mass is 10.00. The second-order valence-electron chi connectivity index (χ2n) is 5.68. The van der Waals surface area contributed by atoms with E-state index < -0.39 is 11.7 Å². The summed E-state index contributed by atoms with van der Waals surface area (Å²) in [6, 6.07) is 16.9. The molecule has 0 atom stereocenters. The summed E-state index contributed by atoms with van der Waals surface area (Å²) in [5.41, 5.74) is 1.31. The largest absolute Gasteiger partial charge is 0.490 e. The quantitative estimate of drug-likeness (QED) is 0.493. The minimum atomic E-state index is -4.32. The van der Waals surface area contributed by atoms with Crippen LogP contribution in [-0.4, -0.2) is 6.61 Å². The summed E-state index contributed by atoms with van der Waals surface area (Å²) in [6.07, 6.45) is -0.476. The maximum atomic E-state index is 12.8. The van der Waals surface area contributed by atoms with E-state index in [1.54, 1.807) is 6.07 Å². The second kappa shape index (κ2) is 7.01. The fraction of sp³-hybridized carbons (Fsp3) is 0.143. The Balaban J connectivity index is 1.86. The lowest BCUT2D eigenvalue weighted by molar-refractivity contribution is -0.137. The van der Waals surface area contributed by atoms with Crippen LogP contribution in [-0.2, 0) is 6.18 Å². The minimum Gasteiger partial charge on any atom is -0.490 e. The van der Waals surface area contributed by atoms with Crippen molar-refractivity contribution < 1.29 is 17.9 Å². The molecule has 4 heteroatoms. The number of alkyl halides is 3. The molecule has 0 saturated heterocycles. The van der Waals surface area contributed by atoms with Crippen molar-refractivity contribution in [3.8, 4) is 16.9 Å². The predicted octanol–water partition coefficient (Wildman–Crippen LogP) is 6.48. The zero-order valence-electron chi connectivity index (χ0n) is 13.7. The average Bonchev–Trinajstić information content (AvgIpc) is 2.61. The molecule has 0 bridgehead atoms. The van der Waals surface area contributed by atoms with Crippen LogP contribution in [0.15, 0.2) is 72.8 Å². The van der Waals surface area contributed by atoms with Crippen LogP contribution in [0.3, 0.4) is 0 Å². The number of allylic oxidation sites excluding steroid dienone is 1. The van der Waals surface area contributed by atoms with Crippen molar-refractivity contribution in [3.63, 3.8) is 0 Å².